The molecular weight excluding hydrogens is 222 g/mol. The van der Waals surface area contributed by atoms with Crippen LogP contribution in [0.25, 0.3) is 0 Å². The highest BCUT2D eigenvalue weighted by Gasteiger charge is 2.04. The van der Waals surface area contributed by atoms with Gasteiger partial charge in [-0.15, -0.1) is 0 Å². The third-order valence-corrected chi connectivity index (χ3v) is 3.27. The van der Waals surface area contributed by atoms with Crippen molar-refractivity contribution in [3.05, 3.63) is 30.3 Å². The molecule has 1 unspecified atom stereocenters. The van der Waals surface area contributed by atoms with Gasteiger partial charge in [-0.05, 0) is 31.0 Å². The lowest BCUT2D eigenvalue weighted by Gasteiger charge is -2.15. The maximum absolute atomic E-state index is 5.64. The molecule has 0 heterocycles. The zero-order valence-electron chi connectivity index (χ0n) is 11.8. The van der Waals surface area contributed by atoms with E-state index < -0.39 is 0 Å². The molecule has 0 fully saturated rings. The first-order valence-electron chi connectivity index (χ1n) is 7.25. The lowest BCUT2D eigenvalue weighted by Crippen LogP contribution is -2.27. The van der Waals surface area contributed by atoms with Gasteiger partial charge in [-0.3, -0.25) is 0 Å². The molecule has 0 bridgehead atoms. The lowest BCUT2D eigenvalue weighted by molar-refractivity contribution is 0.305. The van der Waals surface area contributed by atoms with Gasteiger partial charge in [0.2, 0.25) is 0 Å². The van der Waals surface area contributed by atoms with Crippen LogP contribution in [-0.4, -0.2) is 19.7 Å². The van der Waals surface area contributed by atoms with Gasteiger partial charge in [-0.2, -0.15) is 0 Å². The van der Waals surface area contributed by atoms with Crippen molar-refractivity contribution in [2.75, 3.05) is 19.7 Å². The molecule has 0 aromatic heterocycles. The summed E-state index contributed by atoms with van der Waals surface area (Å²) in [4.78, 5) is 0. The third kappa shape index (κ3) is 6.65. The van der Waals surface area contributed by atoms with Crippen LogP contribution in [0.3, 0.4) is 0 Å². The van der Waals surface area contributed by atoms with Crippen molar-refractivity contribution >= 4 is 0 Å². The van der Waals surface area contributed by atoms with E-state index in [0.29, 0.717) is 0 Å². The standard InChI is InChI=1S/C16H27NO/c1-3-5-9-15(4-2)14-17-12-13-18-16-10-7-6-8-11-16/h6-8,10-11,15,17H,3-5,9,12-14H2,1-2H3. The second-order valence-electron chi connectivity index (χ2n) is 4.78. The van der Waals surface area contributed by atoms with Gasteiger partial charge in [0.25, 0.3) is 0 Å². The Balaban J connectivity index is 2.03. The Bertz CT molecular complexity index is 286. The average molecular weight is 249 g/mol. The molecule has 18 heavy (non-hydrogen) atoms. The van der Waals surface area contributed by atoms with Crippen molar-refractivity contribution in [2.24, 2.45) is 5.92 Å². The minimum atomic E-state index is 0.744. The summed E-state index contributed by atoms with van der Waals surface area (Å²) in [6, 6.07) is 10.00. The SMILES string of the molecule is CCCCC(CC)CNCCOc1ccccc1. The summed E-state index contributed by atoms with van der Waals surface area (Å²) in [5.41, 5.74) is 0. The van der Waals surface area contributed by atoms with E-state index in [9.17, 15) is 0 Å². The quantitative estimate of drug-likeness (QED) is 0.636. The van der Waals surface area contributed by atoms with E-state index >= 15 is 0 Å². The van der Waals surface area contributed by atoms with Crippen LogP contribution in [0.1, 0.15) is 39.5 Å². The fourth-order valence-corrected chi connectivity index (χ4v) is 2.01. The van der Waals surface area contributed by atoms with Gasteiger partial charge in [0.05, 0.1) is 0 Å². The smallest absolute Gasteiger partial charge is 0.119 e. The van der Waals surface area contributed by atoms with E-state index in [-0.39, 0.29) is 0 Å². The molecule has 0 aliphatic heterocycles. The van der Waals surface area contributed by atoms with Gasteiger partial charge < -0.3 is 10.1 Å². The van der Waals surface area contributed by atoms with E-state index in [1.807, 2.05) is 30.3 Å². The summed E-state index contributed by atoms with van der Waals surface area (Å²) in [5.74, 6) is 1.78. The highest BCUT2D eigenvalue weighted by molar-refractivity contribution is 5.20. The number of ether oxygens (including phenoxy) is 1. The fourth-order valence-electron chi connectivity index (χ4n) is 2.01. The Labute approximate surface area is 112 Å². The second kappa shape index (κ2) is 9.95. The Morgan fingerprint density at radius 3 is 2.61 bits per heavy atom. The first kappa shape index (κ1) is 15.0. The molecule has 0 radical (unpaired) electrons. The number of para-hydroxylation sites is 1. The van der Waals surface area contributed by atoms with Crippen LogP contribution >= 0.6 is 0 Å². The topological polar surface area (TPSA) is 21.3 Å². The lowest BCUT2D eigenvalue weighted by atomic mass is 9.99. The van der Waals surface area contributed by atoms with Crippen molar-refractivity contribution in [1.82, 2.24) is 5.32 Å². The third-order valence-electron chi connectivity index (χ3n) is 3.27. The van der Waals surface area contributed by atoms with E-state index in [1.165, 1.54) is 25.7 Å². The number of hydrogen-bond donors (Lipinski definition) is 1. The normalized spacial score (nSPS) is 12.3. The van der Waals surface area contributed by atoms with Gasteiger partial charge >= 0.3 is 0 Å². The van der Waals surface area contributed by atoms with Gasteiger partial charge in [0.1, 0.15) is 12.4 Å². The van der Waals surface area contributed by atoms with Crippen molar-refractivity contribution in [2.45, 2.75) is 39.5 Å². The van der Waals surface area contributed by atoms with E-state index in [4.69, 9.17) is 4.74 Å². The summed E-state index contributed by atoms with van der Waals surface area (Å²) in [5, 5.41) is 3.49. The molecule has 102 valence electrons. The van der Waals surface area contributed by atoms with Crippen molar-refractivity contribution < 1.29 is 4.74 Å². The van der Waals surface area contributed by atoms with Crippen LogP contribution in [0.5, 0.6) is 5.75 Å². The summed E-state index contributed by atoms with van der Waals surface area (Å²) in [6.07, 6.45) is 5.26. The van der Waals surface area contributed by atoms with Gasteiger partial charge in [0, 0.05) is 6.54 Å². The molecule has 1 aromatic carbocycles. The Morgan fingerprint density at radius 2 is 1.94 bits per heavy atom. The van der Waals surface area contributed by atoms with Crippen LogP contribution in [0.15, 0.2) is 30.3 Å². The Hall–Kier alpha value is -1.02. The summed E-state index contributed by atoms with van der Waals surface area (Å²) < 4.78 is 5.64. The Kier molecular flexibility index (Phi) is 8.32. The minimum Gasteiger partial charge on any atom is -0.492 e. The molecule has 0 spiro atoms. The molecular formula is C16H27NO. The number of benzene rings is 1. The molecule has 0 saturated carbocycles. The maximum Gasteiger partial charge on any atom is 0.119 e. The zero-order chi connectivity index (χ0) is 13.1. The zero-order valence-corrected chi connectivity index (χ0v) is 11.8. The van der Waals surface area contributed by atoms with Gasteiger partial charge in [0.15, 0.2) is 0 Å². The average Bonchev–Trinajstić information content (AvgIpc) is 2.43. The summed E-state index contributed by atoms with van der Waals surface area (Å²) in [6.45, 7) is 7.33. The van der Waals surface area contributed by atoms with Crippen molar-refractivity contribution in [3.8, 4) is 5.75 Å². The van der Waals surface area contributed by atoms with Crippen LogP contribution < -0.4 is 10.1 Å². The summed E-state index contributed by atoms with van der Waals surface area (Å²) >= 11 is 0. The molecule has 0 aliphatic rings. The first-order chi connectivity index (χ1) is 8.86. The Morgan fingerprint density at radius 1 is 1.17 bits per heavy atom. The first-order valence-corrected chi connectivity index (χ1v) is 7.25. The van der Waals surface area contributed by atoms with E-state index in [2.05, 4.69) is 19.2 Å². The number of rotatable bonds is 10. The van der Waals surface area contributed by atoms with Gasteiger partial charge in [-0.25, -0.2) is 0 Å². The molecule has 0 amide bonds. The maximum atomic E-state index is 5.64. The highest BCUT2D eigenvalue weighted by atomic mass is 16.5. The molecule has 1 aromatic rings. The van der Waals surface area contributed by atoms with Crippen molar-refractivity contribution in [1.29, 1.82) is 0 Å². The highest BCUT2D eigenvalue weighted by Crippen LogP contribution is 2.11. The second-order valence-corrected chi connectivity index (χ2v) is 4.78. The van der Waals surface area contributed by atoms with Crippen LogP contribution in [0, 0.1) is 5.92 Å². The predicted molar refractivity (Wildman–Crippen MR) is 78.1 cm³/mol. The molecule has 1 rings (SSSR count). The van der Waals surface area contributed by atoms with Gasteiger partial charge in [-0.1, -0.05) is 51.3 Å². The van der Waals surface area contributed by atoms with E-state index in [0.717, 1.165) is 31.4 Å². The molecule has 2 nitrogen and oxygen atoms in total. The molecule has 1 atom stereocenters. The van der Waals surface area contributed by atoms with E-state index in [1.54, 1.807) is 0 Å². The molecule has 1 N–H and O–H groups in total. The molecule has 2 heteroatoms. The molecule has 0 saturated heterocycles. The van der Waals surface area contributed by atoms with Crippen LogP contribution in [-0.2, 0) is 0 Å². The number of hydrogen-bond acceptors (Lipinski definition) is 2. The minimum absolute atomic E-state index is 0.744. The monoisotopic (exact) mass is 249 g/mol. The van der Waals surface area contributed by atoms with Crippen molar-refractivity contribution in [3.63, 3.8) is 0 Å². The summed E-state index contributed by atoms with van der Waals surface area (Å²) in [7, 11) is 0. The fraction of sp³-hybridized carbons (Fsp3) is 0.625. The molecule has 0 aliphatic carbocycles. The number of unbranched alkanes of at least 4 members (excludes halogenated alkanes) is 1. The predicted octanol–water partition coefficient (Wildman–Crippen LogP) is 3.87. The van der Waals surface area contributed by atoms with Crippen LogP contribution in [0.4, 0.5) is 0 Å². The van der Waals surface area contributed by atoms with Crippen LogP contribution in [0.2, 0.25) is 0 Å². The number of nitrogens with one attached hydrogen (secondary N) is 1. The largest absolute Gasteiger partial charge is 0.492 e.